The first kappa shape index (κ1) is 16.7. The summed E-state index contributed by atoms with van der Waals surface area (Å²) >= 11 is 1.68. The SMILES string of the molecule is CSc1nc2ccccc2n1CCCCOc1cccc(O)c1C. The summed E-state index contributed by atoms with van der Waals surface area (Å²) in [5.74, 6) is 1.04. The van der Waals surface area contributed by atoms with E-state index in [2.05, 4.69) is 34.0 Å². The van der Waals surface area contributed by atoms with E-state index in [0.717, 1.165) is 41.4 Å². The van der Waals surface area contributed by atoms with Crippen LogP contribution >= 0.6 is 11.8 Å². The molecule has 0 fully saturated rings. The highest BCUT2D eigenvalue weighted by Crippen LogP contribution is 2.26. The van der Waals surface area contributed by atoms with E-state index in [1.807, 2.05) is 19.1 Å². The molecule has 1 aromatic heterocycles. The Hall–Kier alpha value is -2.14. The quantitative estimate of drug-likeness (QED) is 0.502. The van der Waals surface area contributed by atoms with Gasteiger partial charge in [-0.25, -0.2) is 4.98 Å². The van der Waals surface area contributed by atoms with Crippen LogP contribution < -0.4 is 4.74 Å². The van der Waals surface area contributed by atoms with Crippen LogP contribution in [0.2, 0.25) is 0 Å². The first-order valence-corrected chi connectivity index (χ1v) is 9.34. The third kappa shape index (κ3) is 3.51. The van der Waals surface area contributed by atoms with Gasteiger partial charge >= 0.3 is 0 Å². The predicted molar refractivity (Wildman–Crippen MR) is 99.1 cm³/mol. The summed E-state index contributed by atoms with van der Waals surface area (Å²) in [5, 5.41) is 10.7. The third-order valence-corrected chi connectivity index (χ3v) is 4.77. The zero-order valence-electron chi connectivity index (χ0n) is 14.0. The molecule has 0 atom stereocenters. The van der Waals surface area contributed by atoms with Crippen LogP contribution in [0.5, 0.6) is 11.5 Å². The molecule has 0 aliphatic carbocycles. The van der Waals surface area contributed by atoms with Crippen LogP contribution in [0, 0.1) is 6.92 Å². The largest absolute Gasteiger partial charge is 0.508 e. The van der Waals surface area contributed by atoms with Gasteiger partial charge in [-0.3, -0.25) is 0 Å². The summed E-state index contributed by atoms with van der Waals surface area (Å²) in [4.78, 5) is 4.67. The maximum absolute atomic E-state index is 9.69. The third-order valence-electron chi connectivity index (χ3n) is 4.09. The van der Waals surface area contributed by atoms with Gasteiger partial charge in [-0.2, -0.15) is 0 Å². The number of nitrogens with zero attached hydrogens (tertiary/aromatic N) is 2. The average Bonchev–Trinajstić information content (AvgIpc) is 2.96. The van der Waals surface area contributed by atoms with Gasteiger partial charge in [0.1, 0.15) is 11.5 Å². The van der Waals surface area contributed by atoms with E-state index in [4.69, 9.17) is 4.74 Å². The summed E-state index contributed by atoms with van der Waals surface area (Å²) in [6.45, 7) is 3.44. The van der Waals surface area contributed by atoms with Gasteiger partial charge in [0.05, 0.1) is 17.6 Å². The molecule has 126 valence electrons. The number of hydrogen-bond acceptors (Lipinski definition) is 4. The maximum atomic E-state index is 9.69. The molecule has 0 unspecified atom stereocenters. The first-order chi connectivity index (χ1) is 11.7. The van der Waals surface area contributed by atoms with E-state index in [1.165, 1.54) is 5.52 Å². The lowest BCUT2D eigenvalue weighted by atomic mass is 10.2. The molecular weight excluding hydrogens is 320 g/mol. The topological polar surface area (TPSA) is 47.3 Å². The van der Waals surface area contributed by atoms with Gasteiger partial charge in [0, 0.05) is 12.1 Å². The highest BCUT2D eigenvalue weighted by atomic mass is 32.2. The molecule has 0 aliphatic rings. The molecule has 0 radical (unpaired) electrons. The van der Waals surface area contributed by atoms with Gasteiger partial charge < -0.3 is 14.4 Å². The molecule has 4 nitrogen and oxygen atoms in total. The van der Waals surface area contributed by atoms with E-state index >= 15 is 0 Å². The number of unbranched alkanes of at least 4 members (excludes halogenated alkanes) is 1. The minimum absolute atomic E-state index is 0.280. The maximum Gasteiger partial charge on any atom is 0.168 e. The zero-order chi connectivity index (χ0) is 16.9. The first-order valence-electron chi connectivity index (χ1n) is 8.11. The van der Waals surface area contributed by atoms with Gasteiger partial charge in [0.15, 0.2) is 5.16 Å². The molecule has 0 saturated carbocycles. The number of phenolic OH excluding ortho intramolecular Hbond substituents is 1. The number of aryl methyl sites for hydroxylation is 1. The number of para-hydroxylation sites is 2. The standard InChI is InChI=1S/C19H22N2O2S/c1-14-17(22)10-7-11-18(14)23-13-6-5-12-21-16-9-4-3-8-15(16)20-19(21)24-2/h3-4,7-11,22H,5-6,12-13H2,1-2H3. The fourth-order valence-electron chi connectivity index (χ4n) is 2.74. The van der Waals surface area contributed by atoms with Crippen LogP contribution in [-0.4, -0.2) is 27.5 Å². The molecule has 24 heavy (non-hydrogen) atoms. The smallest absolute Gasteiger partial charge is 0.168 e. The number of benzene rings is 2. The van der Waals surface area contributed by atoms with E-state index < -0.39 is 0 Å². The minimum Gasteiger partial charge on any atom is -0.508 e. The van der Waals surface area contributed by atoms with E-state index in [9.17, 15) is 5.11 Å². The Morgan fingerprint density at radius 3 is 2.79 bits per heavy atom. The molecule has 0 amide bonds. The summed E-state index contributed by atoms with van der Waals surface area (Å²) in [7, 11) is 0. The number of rotatable bonds is 7. The van der Waals surface area contributed by atoms with Crippen molar-refractivity contribution in [2.45, 2.75) is 31.5 Å². The Kier molecular flexibility index (Phi) is 5.30. The van der Waals surface area contributed by atoms with Crippen LogP contribution in [0.25, 0.3) is 11.0 Å². The molecule has 0 bridgehead atoms. The second-order valence-corrected chi connectivity index (χ2v) is 6.47. The number of ether oxygens (including phenoxy) is 1. The van der Waals surface area contributed by atoms with Crippen molar-refractivity contribution in [1.82, 2.24) is 9.55 Å². The van der Waals surface area contributed by atoms with Gasteiger partial charge in [0.25, 0.3) is 0 Å². The van der Waals surface area contributed by atoms with Crippen LogP contribution in [0.15, 0.2) is 47.6 Å². The lowest BCUT2D eigenvalue weighted by molar-refractivity contribution is 0.299. The van der Waals surface area contributed by atoms with Crippen LogP contribution in [0.4, 0.5) is 0 Å². The minimum atomic E-state index is 0.280. The van der Waals surface area contributed by atoms with Crippen molar-refractivity contribution in [2.75, 3.05) is 12.9 Å². The number of imidazole rings is 1. The number of aromatic nitrogens is 2. The van der Waals surface area contributed by atoms with E-state index in [-0.39, 0.29) is 5.75 Å². The normalized spacial score (nSPS) is 11.1. The lowest BCUT2D eigenvalue weighted by Gasteiger charge is -2.11. The van der Waals surface area contributed by atoms with Crippen LogP contribution in [-0.2, 0) is 6.54 Å². The molecule has 0 spiro atoms. The number of fused-ring (bicyclic) bond motifs is 1. The van der Waals surface area contributed by atoms with Crippen molar-refractivity contribution in [3.8, 4) is 11.5 Å². The van der Waals surface area contributed by atoms with Gasteiger partial charge in [-0.15, -0.1) is 0 Å². The van der Waals surface area contributed by atoms with Crippen LogP contribution in [0.3, 0.4) is 0 Å². The van der Waals surface area contributed by atoms with E-state index in [0.29, 0.717) is 6.61 Å². The van der Waals surface area contributed by atoms with Crippen molar-refractivity contribution >= 4 is 22.8 Å². The van der Waals surface area contributed by atoms with Crippen molar-refractivity contribution in [2.24, 2.45) is 0 Å². The predicted octanol–water partition coefficient (Wildman–Crippen LogP) is 4.63. The van der Waals surface area contributed by atoms with Gasteiger partial charge in [0.2, 0.25) is 0 Å². The molecule has 1 N–H and O–H groups in total. The second kappa shape index (κ2) is 7.62. The molecule has 3 aromatic rings. The Morgan fingerprint density at radius 2 is 1.96 bits per heavy atom. The van der Waals surface area contributed by atoms with Crippen molar-refractivity contribution in [3.05, 3.63) is 48.0 Å². The Morgan fingerprint density at radius 1 is 1.12 bits per heavy atom. The number of aromatic hydroxyl groups is 1. The number of thioether (sulfide) groups is 1. The number of hydrogen-bond donors (Lipinski definition) is 1. The Labute approximate surface area is 146 Å². The molecule has 0 saturated heterocycles. The summed E-state index contributed by atoms with van der Waals surface area (Å²) in [5.41, 5.74) is 3.03. The fourth-order valence-corrected chi connectivity index (χ4v) is 3.34. The zero-order valence-corrected chi connectivity index (χ0v) is 14.8. The molecule has 3 rings (SSSR count). The van der Waals surface area contributed by atoms with Crippen molar-refractivity contribution < 1.29 is 9.84 Å². The number of phenols is 1. The molecule has 1 heterocycles. The lowest BCUT2D eigenvalue weighted by Crippen LogP contribution is -2.04. The Balaban J connectivity index is 1.56. The van der Waals surface area contributed by atoms with Crippen molar-refractivity contribution in [3.63, 3.8) is 0 Å². The fraction of sp³-hybridized carbons (Fsp3) is 0.316. The molecule has 5 heteroatoms. The monoisotopic (exact) mass is 342 g/mol. The second-order valence-electron chi connectivity index (χ2n) is 5.69. The van der Waals surface area contributed by atoms with Gasteiger partial charge in [-0.05, 0) is 50.3 Å². The highest BCUT2D eigenvalue weighted by Gasteiger charge is 2.09. The summed E-state index contributed by atoms with van der Waals surface area (Å²) < 4.78 is 8.07. The highest BCUT2D eigenvalue weighted by molar-refractivity contribution is 7.98. The van der Waals surface area contributed by atoms with Crippen molar-refractivity contribution in [1.29, 1.82) is 0 Å². The van der Waals surface area contributed by atoms with E-state index in [1.54, 1.807) is 23.9 Å². The Bertz CT molecular complexity index is 829. The summed E-state index contributed by atoms with van der Waals surface area (Å²) in [6.07, 6.45) is 4.03. The molecule has 0 aliphatic heterocycles. The molecular formula is C19H22N2O2S. The van der Waals surface area contributed by atoms with Gasteiger partial charge in [-0.1, -0.05) is 30.0 Å². The summed E-state index contributed by atoms with van der Waals surface area (Å²) in [6, 6.07) is 13.6. The van der Waals surface area contributed by atoms with Crippen LogP contribution in [0.1, 0.15) is 18.4 Å². The average molecular weight is 342 g/mol. The molecule has 2 aromatic carbocycles.